The SMILES string of the molecule is N#Cc1ccc2c(c1)c1cc(-c3cccc4c3oc3ccccc34)ccc1n2-c1cccc(-c2nc(-c3ccccc3)nc(-c3ccccc3)n2)c1.c1ccc(-c2nc(-c3ccc(-n4c5ccccc5c5cc6oc7ccccc7c6cc54)cc3)nc3ccccc23)cc1.c1ccc(-c2nc(-c3ccc(-n4c5ccccc5c5cc6sc7ccccc7c6cc54)cc3)nc3ccccc23)cc1. The van der Waals surface area contributed by atoms with Crippen molar-refractivity contribution in [2.75, 3.05) is 0 Å². The second-order valence-electron chi connectivity index (χ2n) is 34.1. The molecule has 0 aliphatic rings. The molecule has 0 radical (unpaired) electrons. The van der Waals surface area contributed by atoms with Crippen LogP contribution in [0, 0.1) is 11.3 Å². The summed E-state index contributed by atoms with van der Waals surface area (Å²) in [4.78, 5) is 34.9. The fourth-order valence-electron chi connectivity index (χ4n) is 19.7. The molecule has 0 amide bonds. The largest absolute Gasteiger partial charge is 0.456 e. The highest BCUT2D eigenvalue weighted by molar-refractivity contribution is 7.25. The summed E-state index contributed by atoms with van der Waals surface area (Å²) in [6.07, 6.45) is 0. The van der Waals surface area contributed by atoms with Crippen LogP contribution in [0.15, 0.2) is 452 Å². The monoisotopic (exact) mass is 1760 g/mol. The van der Waals surface area contributed by atoms with E-state index >= 15 is 0 Å². The van der Waals surface area contributed by atoms with Crippen LogP contribution in [0.3, 0.4) is 0 Å². The zero-order chi connectivity index (χ0) is 89.8. The maximum absolute atomic E-state index is 9.90. The van der Waals surface area contributed by atoms with E-state index in [0.717, 1.165) is 183 Å². The average Bonchev–Trinajstić information content (AvgIpc) is 1.58. The summed E-state index contributed by atoms with van der Waals surface area (Å²) in [5.41, 5.74) is 26.7. The Kier molecular flexibility index (Phi) is 18.8. The van der Waals surface area contributed by atoms with Crippen molar-refractivity contribution in [1.29, 1.82) is 5.26 Å². The van der Waals surface area contributed by atoms with Crippen LogP contribution >= 0.6 is 11.3 Å². The lowest BCUT2D eigenvalue weighted by molar-refractivity contribution is 0.669. The van der Waals surface area contributed by atoms with Crippen LogP contribution in [0.1, 0.15) is 5.56 Å². The minimum absolute atomic E-state index is 0.586. The number of nitriles is 1. The van der Waals surface area contributed by atoms with Crippen molar-refractivity contribution >= 4 is 163 Å². The third kappa shape index (κ3) is 13.6. The quantitative estimate of drug-likeness (QED) is 0.122. The van der Waals surface area contributed by atoms with Crippen molar-refractivity contribution in [3.8, 4) is 114 Å². The Labute approximate surface area is 782 Å². The number of aromatic nitrogens is 10. The predicted molar refractivity (Wildman–Crippen MR) is 558 cm³/mol. The number of hydrogen-bond donors (Lipinski definition) is 0. The van der Waals surface area contributed by atoms with Crippen molar-refractivity contribution < 1.29 is 8.83 Å². The van der Waals surface area contributed by atoms with E-state index in [1.165, 1.54) is 52.8 Å². The van der Waals surface area contributed by atoms with Gasteiger partial charge < -0.3 is 22.5 Å². The highest BCUT2D eigenvalue weighted by atomic mass is 32.1. The van der Waals surface area contributed by atoms with Crippen molar-refractivity contribution in [1.82, 2.24) is 48.6 Å². The molecule has 0 spiro atoms. The van der Waals surface area contributed by atoms with E-state index in [9.17, 15) is 5.26 Å². The Bertz CT molecular complexity index is 9290. The molecule has 0 saturated heterocycles. The first-order chi connectivity index (χ1) is 67.3. The van der Waals surface area contributed by atoms with Gasteiger partial charge in [-0.25, -0.2) is 34.9 Å². The maximum atomic E-state index is 9.90. The van der Waals surface area contributed by atoms with Gasteiger partial charge in [-0.2, -0.15) is 5.26 Å². The normalized spacial score (nSPS) is 11.7. The van der Waals surface area contributed by atoms with Gasteiger partial charge in [-0.05, 0) is 163 Å². The Hall–Kier alpha value is -18.4. The van der Waals surface area contributed by atoms with Gasteiger partial charge in [-0.1, -0.05) is 285 Å². The Morgan fingerprint density at radius 2 is 0.618 bits per heavy atom. The molecule has 19 aromatic carbocycles. The highest BCUT2D eigenvalue weighted by Crippen LogP contribution is 2.46. The molecule has 9 heterocycles. The summed E-state index contributed by atoms with van der Waals surface area (Å²) in [6, 6.07) is 155. The first-order valence-electron chi connectivity index (χ1n) is 45.3. The Morgan fingerprint density at radius 1 is 0.213 bits per heavy atom. The van der Waals surface area contributed by atoms with Gasteiger partial charge in [-0.15, -0.1) is 11.3 Å². The van der Waals surface area contributed by atoms with Crippen LogP contribution in [0.25, 0.3) is 259 Å². The zero-order valence-corrected chi connectivity index (χ0v) is 73.6. The summed E-state index contributed by atoms with van der Waals surface area (Å²) < 4.78 is 22.3. The van der Waals surface area contributed by atoms with Crippen molar-refractivity contribution in [2.24, 2.45) is 0 Å². The van der Waals surface area contributed by atoms with E-state index in [2.05, 4.69) is 293 Å². The van der Waals surface area contributed by atoms with Crippen LogP contribution in [-0.4, -0.2) is 48.6 Å². The van der Waals surface area contributed by atoms with Gasteiger partial charge in [0.05, 0.1) is 67.2 Å². The molecule has 0 atom stereocenters. The second-order valence-corrected chi connectivity index (χ2v) is 35.1. The van der Waals surface area contributed by atoms with E-state index < -0.39 is 0 Å². The molecule has 0 unspecified atom stereocenters. The second kappa shape index (κ2) is 32.6. The van der Waals surface area contributed by atoms with E-state index in [0.29, 0.717) is 28.9 Å². The molecular weight excluding hydrogens is 1680 g/mol. The number of para-hydroxylation sites is 7. The summed E-state index contributed by atoms with van der Waals surface area (Å²) in [7, 11) is 0. The van der Waals surface area contributed by atoms with Crippen LogP contribution in [0.4, 0.5) is 0 Å². The molecule has 0 bridgehead atoms. The zero-order valence-electron chi connectivity index (χ0n) is 72.8. The van der Waals surface area contributed by atoms with Crippen LogP contribution in [0.2, 0.25) is 0 Å². The number of fused-ring (bicyclic) bond motifs is 20. The molecule has 0 aliphatic carbocycles. The van der Waals surface area contributed by atoms with Crippen molar-refractivity contribution in [2.45, 2.75) is 0 Å². The third-order valence-corrected chi connectivity index (χ3v) is 27.2. The smallest absolute Gasteiger partial charge is 0.164 e. The van der Waals surface area contributed by atoms with Gasteiger partial charge in [0.15, 0.2) is 29.1 Å². The molecule has 9 aromatic heterocycles. The summed E-state index contributed by atoms with van der Waals surface area (Å²) in [6.45, 7) is 0. The summed E-state index contributed by atoms with van der Waals surface area (Å²) in [5.74, 6) is 3.26. The lowest BCUT2D eigenvalue weighted by Gasteiger charge is -2.12. The fraction of sp³-hybridized carbons (Fsp3) is 0. The highest BCUT2D eigenvalue weighted by Gasteiger charge is 2.24. The molecule has 634 valence electrons. The van der Waals surface area contributed by atoms with Gasteiger partial charge >= 0.3 is 0 Å². The number of benzene rings is 19. The Morgan fingerprint density at radius 3 is 1.20 bits per heavy atom. The fourth-order valence-corrected chi connectivity index (χ4v) is 20.9. The third-order valence-electron chi connectivity index (χ3n) is 26.1. The molecule has 136 heavy (non-hydrogen) atoms. The lowest BCUT2D eigenvalue weighted by Crippen LogP contribution is -2.01. The molecule has 14 heteroatoms. The first kappa shape index (κ1) is 78.6. The van der Waals surface area contributed by atoms with E-state index in [1.54, 1.807) is 0 Å². The first-order valence-corrected chi connectivity index (χ1v) is 46.1. The van der Waals surface area contributed by atoms with Crippen molar-refractivity contribution in [3.63, 3.8) is 0 Å². The van der Waals surface area contributed by atoms with Gasteiger partial charge in [-0.3, -0.25) is 0 Å². The van der Waals surface area contributed by atoms with Gasteiger partial charge in [0.2, 0.25) is 0 Å². The summed E-state index contributed by atoms with van der Waals surface area (Å²) in [5, 5.41) is 26.0. The number of furan rings is 2. The minimum Gasteiger partial charge on any atom is -0.456 e. The molecule has 0 aliphatic heterocycles. The summed E-state index contributed by atoms with van der Waals surface area (Å²) >= 11 is 1.87. The molecule has 28 aromatic rings. The van der Waals surface area contributed by atoms with E-state index in [4.69, 9.17) is 43.7 Å². The van der Waals surface area contributed by atoms with Crippen LogP contribution < -0.4 is 0 Å². The Balaban J connectivity index is 0.000000107. The van der Waals surface area contributed by atoms with E-state index in [1.807, 2.05) is 181 Å². The molecule has 0 saturated carbocycles. The number of nitrogens with zero attached hydrogens (tertiary/aromatic N) is 11. The molecule has 13 nitrogen and oxygen atoms in total. The van der Waals surface area contributed by atoms with Crippen molar-refractivity contribution in [3.05, 3.63) is 448 Å². The van der Waals surface area contributed by atoms with Crippen LogP contribution in [-0.2, 0) is 0 Å². The van der Waals surface area contributed by atoms with Gasteiger partial charge in [0.1, 0.15) is 22.3 Å². The standard InChI is InChI=1S/C46H27N5O.C38H23N3O.C38H23N3S/c47-28-29-21-23-40-38(25-29)39-27-32(35-18-10-19-37-36-17-7-8-20-42(36)52-43(35)37)22-24-41(39)51(40)34-16-9-15-33(26-34)46-49-44(30-11-3-1-4-12-30)48-45(50-46)31-13-5-2-6-14-31;2*1-2-10-24(11-3-1)37-29-14-4-7-15-32(29)39-38(40-37)25-18-20-26(21-19-25)41-33-16-8-5-12-27(33)30-23-36-31(22-34(30)41)28-13-6-9-17-35(28)42-36/h1-27H;2*1-23H. The van der Waals surface area contributed by atoms with E-state index in [-0.39, 0.29) is 0 Å². The number of hydrogen-bond acceptors (Lipinski definition) is 11. The molecular formula is C122H73N11O2S. The molecule has 0 fully saturated rings. The minimum atomic E-state index is 0.586. The molecule has 0 N–H and O–H groups in total. The topological polar surface area (TPSA) is 155 Å². The average molecular weight is 1760 g/mol. The lowest BCUT2D eigenvalue weighted by atomic mass is 10.00. The number of thiophene rings is 1. The maximum Gasteiger partial charge on any atom is 0.164 e. The molecule has 28 rings (SSSR count). The van der Waals surface area contributed by atoms with Gasteiger partial charge in [0, 0.05) is 146 Å². The van der Waals surface area contributed by atoms with Crippen LogP contribution in [0.5, 0.6) is 0 Å². The van der Waals surface area contributed by atoms with Gasteiger partial charge in [0.25, 0.3) is 0 Å². The predicted octanol–water partition coefficient (Wildman–Crippen LogP) is 31.8. The number of rotatable bonds is 11.